The van der Waals surface area contributed by atoms with Gasteiger partial charge >= 0.3 is 5.97 Å². The molecule has 1 aromatic rings. The molecule has 0 saturated carbocycles. The molecule has 0 spiro atoms. The van der Waals surface area contributed by atoms with E-state index in [0.717, 1.165) is 0 Å². The lowest BCUT2D eigenvalue weighted by Gasteiger charge is -2.24. The molecule has 4 atom stereocenters. The molecule has 0 aliphatic rings. The Labute approximate surface area is 185 Å². The van der Waals surface area contributed by atoms with Gasteiger partial charge in [0, 0.05) is 24.7 Å². The highest BCUT2D eigenvalue weighted by Gasteiger charge is 2.30. The van der Waals surface area contributed by atoms with Crippen molar-refractivity contribution >= 4 is 29.6 Å². The van der Waals surface area contributed by atoms with Gasteiger partial charge in [-0.25, -0.2) is 9.78 Å². The van der Waals surface area contributed by atoms with E-state index < -0.39 is 54.3 Å². The zero-order valence-electron chi connectivity index (χ0n) is 18.1. The van der Waals surface area contributed by atoms with Crippen LogP contribution in [0.5, 0.6) is 0 Å². The van der Waals surface area contributed by atoms with E-state index in [4.69, 9.17) is 11.5 Å². The zero-order valence-corrected chi connectivity index (χ0v) is 18.1. The van der Waals surface area contributed by atoms with E-state index >= 15 is 0 Å². The van der Waals surface area contributed by atoms with Crippen molar-refractivity contribution in [2.75, 3.05) is 6.54 Å². The van der Waals surface area contributed by atoms with Crippen molar-refractivity contribution in [1.82, 2.24) is 25.9 Å². The van der Waals surface area contributed by atoms with Gasteiger partial charge < -0.3 is 37.5 Å². The fourth-order valence-corrected chi connectivity index (χ4v) is 2.74. The Morgan fingerprint density at radius 3 is 2.41 bits per heavy atom. The molecule has 0 aliphatic heterocycles. The SMILES string of the molecule is CCC(C)C(NC(=O)C(Cc1cnc[nH]1)NC(=O)CNC(=O)C(N)CCC(N)=O)C(=O)O. The van der Waals surface area contributed by atoms with Crippen LogP contribution in [0.1, 0.15) is 38.8 Å². The lowest BCUT2D eigenvalue weighted by Crippen LogP contribution is -2.55. The van der Waals surface area contributed by atoms with Crippen molar-refractivity contribution in [1.29, 1.82) is 0 Å². The van der Waals surface area contributed by atoms with E-state index in [0.29, 0.717) is 12.1 Å². The second-order valence-electron chi connectivity index (χ2n) is 7.44. The predicted molar refractivity (Wildman–Crippen MR) is 113 cm³/mol. The number of nitrogens with zero attached hydrogens (tertiary/aromatic N) is 1. The molecule has 0 radical (unpaired) electrons. The maximum absolute atomic E-state index is 12.8. The van der Waals surface area contributed by atoms with Crippen LogP contribution < -0.4 is 27.4 Å². The molecular weight excluding hydrogens is 422 g/mol. The molecule has 13 heteroatoms. The molecule has 0 aromatic carbocycles. The highest BCUT2D eigenvalue weighted by Crippen LogP contribution is 2.09. The van der Waals surface area contributed by atoms with Gasteiger partial charge in [-0.05, 0) is 12.3 Å². The average molecular weight is 454 g/mol. The number of hydrogen-bond donors (Lipinski definition) is 7. The Morgan fingerprint density at radius 1 is 1.19 bits per heavy atom. The first-order valence-electron chi connectivity index (χ1n) is 10.2. The van der Waals surface area contributed by atoms with Gasteiger partial charge in [-0.3, -0.25) is 19.2 Å². The summed E-state index contributed by atoms with van der Waals surface area (Å²) in [6, 6.07) is -3.27. The number of imidazole rings is 1. The standard InChI is InChI=1S/C19H31N7O6/c1-3-10(2)16(19(31)32)26-18(30)13(6-11-7-22-9-24-11)25-15(28)8-23-17(29)12(20)4-5-14(21)27/h7,9-10,12-13,16H,3-6,8,20H2,1-2H3,(H2,21,27)(H,22,24)(H,23,29)(H,25,28)(H,26,30)(H,31,32). The van der Waals surface area contributed by atoms with Gasteiger partial charge in [-0.15, -0.1) is 0 Å². The molecule has 0 bridgehead atoms. The number of aromatic nitrogens is 2. The normalized spacial score (nSPS) is 14.5. The molecule has 1 rings (SSSR count). The second kappa shape index (κ2) is 13.0. The average Bonchev–Trinajstić information content (AvgIpc) is 3.25. The van der Waals surface area contributed by atoms with Gasteiger partial charge in [0.2, 0.25) is 23.6 Å². The highest BCUT2D eigenvalue weighted by molar-refractivity contribution is 5.92. The largest absolute Gasteiger partial charge is 0.480 e. The minimum atomic E-state index is -1.18. The van der Waals surface area contributed by atoms with Gasteiger partial charge in [-0.1, -0.05) is 20.3 Å². The van der Waals surface area contributed by atoms with E-state index in [1.807, 2.05) is 0 Å². The summed E-state index contributed by atoms with van der Waals surface area (Å²) in [5.74, 6) is -4.15. The van der Waals surface area contributed by atoms with Crippen molar-refractivity contribution in [3.05, 3.63) is 18.2 Å². The third-order valence-corrected chi connectivity index (χ3v) is 4.87. The second-order valence-corrected chi connectivity index (χ2v) is 7.44. The molecule has 0 fully saturated rings. The van der Waals surface area contributed by atoms with E-state index in [2.05, 4.69) is 25.9 Å². The number of nitrogens with one attached hydrogen (secondary N) is 4. The first-order valence-corrected chi connectivity index (χ1v) is 10.2. The first-order chi connectivity index (χ1) is 15.0. The Balaban J connectivity index is 2.76. The van der Waals surface area contributed by atoms with E-state index in [9.17, 15) is 29.1 Å². The summed E-state index contributed by atoms with van der Waals surface area (Å²) in [4.78, 5) is 66.0. The number of rotatable bonds is 14. The minimum absolute atomic E-state index is 0.0243. The minimum Gasteiger partial charge on any atom is -0.480 e. The molecule has 4 unspecified atom stereocenters. The smallest absolute Gasteiger partial charge is 0.326 e. The molecule has 1 aromatic heterocycles. The zero-order chi connectivity index (χ0) is 24.3. The summed E-state index contributed by atoms with van der Waals surface area (Å²) >= 11 is 0. The number of carbonyl (C=O) groups excluding carboxylic acids is 4. The summed E-state index contributed by atoms with van der Waals surface area (Å²) in [6.45, 7) is 3.02. The molecule has 32 heavy (non-hydrogen) atoms. The summed E-state index contributed by atoms with van der Waals surface area (Å²) in [5, 5.41) is 16.7. The van der Waals surface area contributed by atoms with Crippen molar-refractivity contribution in [2.45, 2.75) is 57.7 Å². The number of primary amides is 1. The Bertz CT molecular complexity index is 798. The summed E-state index contributed by atoms with van der Waals surface area (Å²) in [6.07, 6.45) is 3.37. The number of nitrogens with two attached hydrogens (primary N) is 2. The number of H-pyrrole nitrogens is 1. The number of hydrogen-bond acceptors (Lipinski definition) is 7. The molecule has 1 heterocycles. The monoisotopic (exact) mass is 453 g/mol. The molecule has 4 amide bonds. The molecule has 0 aliphatic carbocycles. The quantitative estimate of drug-likeness (QED) is 0.163. The van der Waals surface area contributed by atoms with Crippen LogP contribution in [-0.4, -0.2) is 69.3 Å². The van der Waals surface area contributed by atoms with Crippen LogP contribution in [-0.2, 0) is 30.4 Å². The summed E-state index contributed by atoms with van der Waals surface area (Å²) < 4.78 is 0. The van der Waals surface area contributed by atoms with Crippen molar-refractivity contribution in [2.24, 2.45) is 17.4 Å². The first kappa shape index (κ1) is 26.6. The maximum Gasteiger partial charge on any atom is 0.326 e. The predicted octanol–water partition coefficient (Wildman–Crippen LogP) is -2.24. The van der Waals surface area contributed by atoms with Gasteiger partial charge in [0.25, 0.3) is 0 Å². The van der Waals surface area contributed by atoms with Crippen LogP contribution in [0, 0.1) is 5.92 Å². The molecule has 13 nitrogen and oxygen atoms in total. The fourth-order valence-electron chi connectivity index (χ4n) is 2.74. The van der Waals surface area contributed by atoms with Crippen molar-refractivity contribution in [3.8, 4) is 0 Å². The summed E-state index contributed by atoms with van der Waals surface area (Å²) in [5.41, 5.74) is 11.2. The molecular formula is C19H31N7O6. The number of carboxylic acid groups (broad SMARTS) is 1. The van der Waals surface area contributed by atoms with Crippen molar-refractivity contribution in [3.63, 3.8) is 0 Å². The van der Waals surface area contributed by atoms with E-state index in [1.54, 1.807) is 13.8 Å². The van der Waals surface area contributed by atoms with Crippen LogP contribution >= 0.6 is 0 Å². The summed E-state index contributed by atoms with van der Waals surface area (Å²) in [7, 11) is 0. The van der Waals surface area contributed by atoms with Crippen LogP contribution in [0.4, 0.5) is 0 Å². The van der Waals surface area contributed by atoms with Crippen molar-refractivity contribution < 1.29 is 29.1 Å². The van der Waals surface area contributed by atoms with Crippen LogP contribution in [0.25, 0.3) is 0 Å². The van der Waals surface area contributed by atoms with E-state index in [1.165, 1.54) is 12.5 Å². The van der Waals surface area contributed by atoms with Gasteiger partial charge in [0.1, 0.15) is 12.1 Å². The molecule has 9 N–H and O–H groups in total. The van der Waals surface area contributed by atoms with Crippen LogP contribution in [0.15, 0.2) is 12.5 Å². The lowest BCUT2D eigenvalue weighted by atomic mass is 9.98. The Morgan fingerprint density at radius 2 is 1.88 bits per heavy atom. The topological polar surface area (TPSA) is 222 Å². The van der Waals surface area contributed by atoms with Gasteiger partial charge in [0.05, 0.1) is 18.9 Å². The Hall–Kier alpha value is -3.48. The number of amides is 4. The number of aliphatic carboxylic acids is 1. The van der Waals surface area contributed by atoms with E-state index in [-0.39, 0.29) is 25.2 Å². The number of aromatic amines is 1. The Kier molecular flexibility index (Phi) is 10.8. The van der Waals surface area contributed by atoms with Crippen LogP contribution in [0.3, 0.4) is 0 Å². The highest BCUT2D eigenvalue weighted by atomic mass is 16.4. The molecule has 178 valence electrons. The van der Waals surface area contributed by atoms with Gasteiger partial charge in [-0.2, -0.15) is 0 Å². The third-order valence-electron chi connectivity index (χ3n) is 4.87. The number of carboxylic acids is 1. The van der Waals surface area contributed by atoms with Crippen LogP contribution in [0.2, 0.25) is 0 Å². The fraction of sp³-hybridized carbons (Fsp3) is 0.579. The third kappa shape index (κ3) is 9.12. The number of carbonyl (C=O) groups is 5. The lowest BCUT2D eigenvalue weighted by molar-refractivity contribution is -0.143. The molecule has 0 saturated heterocycles. The van der Waals surface area contributed by atoms with Gasteiger partial charge in [0.15, 0.2) is 0 Å². The maximum atomic E-state index is 12.8.